The van der Waals surface area contributed by atoms with Gasteiger partial charge in [0.2, 0.25) is 5.95 Å². The van der Waals surface area contributed by atoms with E-state index in [0.717, 1.165) is 30.8 Å². The van der Waals surface area contributed by atoms with E-state index < -0.39 is 6.03 Å². The van der Waals surface area contributed by atoms with Gasteiger partial charge in [-0.15, -0.1) is 0 Å². The molecule has 0 saturated heterocycles. The molecule has 0 aliphatic carbocycles. The number of hydrogen-bond acceptors (Lipinski definition) is 6. The van der Waals surface area contributed by atoms with Crippen molar-refractivity contribution in [3.05, 3.63) is 34.5 Å². The summed E-state index contributed by atoms with van der Waals surface area (Å²) in [6.45, 7) is 5.46. The minimum Gasteiger partial charge on any atom is -0.495 e. The minimum atomic E-state index is -0.484. The number of urea groups is 1. The molecule has 0 fully saturated rings. The number of rotatable bonds is 8. The standard InChI is InChI=1S/C19H27ClN6O2/c1-12-9-16(28-5)15(11-14(12)20)23-19(27)25-18-22-13(2)10-17(24-18)21-7-6-8-26(3)4/h9-11H,6-8H2,1-5H3,(H3,21,22,23,24,25,27). The molecule has 0 aliphatic rings. The predicted octanol–water partition coefficient (Wildman–Crippen LogP) is 3.76. The Labute approximate surface area is 170 Å². The Bertz CT molecular complexity index is 828. The summed E-state index contributed by atoms with van der Waals surface area (Å²) in [6, 6.07) is 4.75. The molecule has 0 bridgehead atoms. The number of halogens is 1. The molecule has 28 heavy (non-hydrogen) atoms. The Morgan fingerprint density at radius 3 is 2.61 bits per heavy atom. The van der Waals surface area contributed by atoms with Crippen molar-refractivity contribution in [3.8, 4) is 5.75 Å². The summed E-state index contributed by atoms with van der Waals surface area (Å²) in [5.41, 5.74) is 2.07. The summed E-state index contributed by atoms with van der Waals surface area (Å²) in [6.07, 6.45) is 0.979. The SMILES string of the molecule is COc1cc(C)c(Cl)cc1NC(=O)Nc1nc(C)cc(NCCCN(C)C)n1. The lowest BCUT2D eigenvalue weighted by Gasteiger charge is -2.13. The molecule has 9 heteroatoms. The van der Waals surface area contributed by atoms with Gasteiger partial charge in [0.15, 0.2) is 0 Å². The van der Waals surface area contributed by atoms with Crippen LogP contribution in [0.4, 0.5) is 22.2 Å². The lowest BCUT2D eigenvalue weighted by molar-refractivity contribution is 0.262. The van der Waals surface area contributed by atoms with E-state index in [1.54, 1.807) is 12.1 Å². The normalized spacial score (nSPS) is 10.7. The Balaban J connectivity index is 2.03. The van der Waals surface area contributed by atoms with Crippen LogP contribution < -0.4 is 20.7 Å². The van der Waals surface area contributed by atoms with Gasteiger partial charge in [-0.25, -0.2) is 9.78 Å². The van der Waals surface area contributed by atoms with E-state index in [0.29, 0.717) is 22.3 Å². The van der Waals surface area contributed by atoms with E-state index in [1.165, 1.54) is 7.11 Å². The Kier molecular flexibility index (Phi) is 7.83. The number of aryl methyl sites for hydroxylation is 2. The summed E-state index contributed by atoms with van der Waals surface area (Å²) in [5, 5.41) is 9.15. The second-order valence-electron chi connectivity index (χ2n) is 6.68. The molecule has 0 aliphatic heterocycles. The molecular formula is C19H27ClN6O2. The topological polar surface area (TPSA) is 91.4 Å². The van der Waals surface area contributed by atoms with Gasteiger partial charge in [-0.05, 0) is 58.6 Å². The summed E-state index contributed by atoms with van der Waals surface area (Å²) in [4.78, 5) is 23.1. The van der Waals surface area contributed by atoms with Crippen LogP contribution in [0.2, 0.25) is 5.02 Å². The van der Waals surface area contributed by atoms with Gasteiger partial charge in [0, 0.05) is 23.3 Å². The number of benzene rings is 1. The van der Waals surface area contributed by atoms with Gasteiger partial charge in [-0.1, -0.05) is 11.6 Å². The molecule has 0 unspecified atom stereocenters. The van der Waals surface area contributed by atoms with Crippen LogP contribution in [0, 0.1) is 13.8 Å². The maximum atomic E-state index is 12.4. The second-order valence-corrected chi connectivity index (χ2v) is 7.09. The van der Waals surface area contributed by atoms with Crippen LogP contribution in [0.5, 0.6) is 5.75 Å². The van der Waals surface area contributed by atoms with E-state index in [2.05, 4.69) is 30.8 Å². The molecule has 0 saturated carbocycles. The molecule has 1 aromatic heterocycles. The highest BCUT2D eigenvalue weighted by Crippen LogP contribution is 2.30. The molecule has 2 aromatic rings. The monoisotopic (exact) mass is 406 g/mol. The van der Waals surface area contributed by atoms with E-state index in [4.69, 9.17) is 16.3 Å². The van der Waals surface area contributed by atoms with Crippen LogP contribution in [-0.4, -0.2) is 55.2 Å². The Hall–Kier alpha value is -2.58. The molecule has 1 aromatic carbocycles. The summed E-state index contributed by atoms with van der Waals surface area (Å²) >= 11 is 6.14. The molecule has 0 radical (unpaired) electrons. The smallest absolute Gasteiger partial charge is 0.326 e. The van der Waals surface area contributed by atoms with Gasteiger partial charge in [0.1, 0.15) is 11.6 Å². The van der Waals surface area contributed by atoms with Crippen LogP contribution >= 0.6 is 11.6 Å². The van der Waals surface area contributed by atoms with Crippen LogP contribution in [0.3, 0.4) is 0 Å². The highest BCUT2D eigenvalue weighted by Gasteiger charge is 2.12. The van der Waals surface area contributed by atoms with Crippen molar-refractivity contribution in [3.63, 3.8) is 0 Å². The van der Waals surface area contributed by atoms with Crippen molar-refractivity contribution < 1.29 is 9.53 Å². The van der Waals surface area contributed by atoms with Gasteiger partial charge < -0.3 is 20.3 Å². The lowest BCUT2D eigenvalue weighted by atomic mass is 10.2. The highest BCUT2D eigenvalue weighted by atomic mass is 35.5. The second kappa shape index (κ2) is 10.1. The van der Waals surface area contributed by atoms with Crippen LogP contribution in [0.15, 0.2) is 18.2 Å². The number of aromatic nitrogens is 2. The third-order valence-electron chi connectivity index (χ3n) is 3.90. The zero-order valence-corrected chi connectivity index (χ0v) is 17.6. The van der Waals surface area contributed by atoms with E-state index in [9.17, 15) is 4.79 Å². The fourth-order valence-corrected chi connectivity index (χ4v) is 2.67. The number of hydrogen-bond donors (Lipinski definition) is 3. The van der Waals surface area contributed by atoms with Crippen molar-refractivity contribution in [2.45, 2.75) is 20.3 Å². The third kappa shape index (κ3) is 6.54. The number of carbonyl (C=O) groups is 1. The van der Waals surface area contributed by atoms with Crippen molar-refractivity contribution in [1.82, 2.24) is 14.9 Å². The third-order valence-corrected chi connectivity index (χ3v) is 4.30. The first-order chi connectivity index (χ1) is 13.3. The molecule has 8 nitrogen and oxygen atoms in total. The van der Waals surface area contributed by atoms with Gasteiger partial charge in [-0.3, -0.25) is 5.32 Å². The molecule has 152 valence electrons. The maximum absolute atomic E-state index is 12.4. The Morgan fingerprint density at radius 2 is 1.93 bits per heavy atom. The number of carbonyl (C=O) groups excluding carboxylic acids is 1. The van der Waals surface area contributed by atoms with Crippen LogP contribution in [-0.2, 0) is 0 Å². The molecule has 2 rings (SSSR count). The first-order valence-electron chi connectivity index (χ1n) is 8.95. The summed E-state index contributed by atoms with van der Waals surface area (Å²) in [5.74, 6) is 1.40. The van der Waals surface area contributed by atoms with Crippen LogP contribution in [0.1, 0.15) is 17.7 Å². The molecule has 1 heterocycles. The number of amides is 2. The van der Waals surface area contributed by atoms with Gasteiger partial charge >= 0.3 is 6.03 Å². The van der Waals surface area contributed by atoms with Crippen molar-refractivity contribution in [2.24, 2.45) is 0 Å². The van der Waals surface area contributed by atoms with Crippen molar-refractivity contribution >= 4 is 35.1 Å². The van der Waals surface area contributed by atoms with Gasteiger partial charge in [0.05, 0.1) is 12.8 Å². The average Bonchev–Trinajstić information content (AvgIpc) is 2.61. The first kappa shape index (κ1) is 21.7. The number of ether oxygens (including phenoxy) is 1. The number of anilines is 3. The van der Waals surface area contributed by atoms with E-state index in [-0.39, 0.29) is 5.95 Å². The Morgan fingerprint density at radius 1 is 1.18 bits per heavy atom. The van der Waals surface area contributed by atoms with E-state index in [1.807, 2.05) is 34.0 Å². The number of nitrogens with zero attached hydrogens (tertiary/aromatic N) is 3. The van der Waals surface area contributed by atoms with Gasteiger partial charge in [-0.2, -0.15) is 4.98 Å². The fraction of sp³-hybridized carbons (Fsp3) is 0.421. The lowest BCUT2D eigenvalue weighted by Crippen LogP contribution is -2.22. The average molecular weight is 407 g/mol. The zero-order chi connectivity index (χ0) is 20.7. The molecule has 0 atom stereocenters. The predicted molar refractivity (Wildman–Crippen MR) is 114 cm³/mol. The molecular weight excluding hydrogens is 380 g/mol. The molecule has 3 N–H and O–H groups in total. The minimum absolute atomic E-state index is 0.213. The van der Waals surface area contributed by atoms with Crippen molar-refractivity contribution in [2.75, 3.05) is 50.2 Å². The summed E-state index contributed by atoms with van der Waals surface area (Å²) in [7, 11) is 5.60. The maximum Gasteiger partial charge on any atom is 0.326 e. The number of methoxy groups -OCH3 is 1. The largest absolute Gasteiger partial charge is 0.495 e. The summed E-state index contributed by atoms with van der Waals surface area (Å²) < 4.78 is 5.30. The zero-order valence-electron chi connectivity index (χ0n) is 16.9. The van der Waals surface area contributed by atoms with Crippen LogP contribution in [0.25, 0.3) is 0 Å². The first-order valence-corrected chi connectivity index (χ1v) is 9.32. The number of nitrogens with one attached hydrogen (secondary N) is 3. The fourth-order valence-electron chi connectivity index (χ4n) is 2.50. The quantitative estimate of drug-likeness (QED) is 0.578. The highest BCUT2D eigenvalue weighted by molar-refractivity contribution is 6.31. The van der Waals surface area contributed by atoms with E-state index >= 15 is 0 Å². The van der Waals surface area contributed by atoms with Crippen molar-refractivity contribution in [1.29, 1.82) is 0 Å². The van der Waals surface area contributed by atoms with Gasteiger partial charge in [0.25, 0.3) is 0 Å². The molecule has 2 amide bonds. The molecule has 0 spiro atoms.